The predicted molar refractivity (Wildman–Crippen MR) is 87.9 cm³/mol. The summed E-state index contributed by atoms with van der Waals surface area (Å²) >= 11 is 1.98. The molecule has 2 heteroatoms. The Morgan fingerprint density at radius 1 is 1.11 bits per heavy atom. The normalized spacial score (nSPS) is 14.3. The molecule has 1 aromatic rings. The molecule has 2 unspecified atom stereocenters. The maximum Gasteiger partial charge on any atom is 0.0164 e. The van der Waals surface area contributed by atoms with Crippen molar-refractivity contribution < 1.29 is 0 Å². The molecule has 0 aliphatic carbocycles. The zero-order valence-corrected chi connectivity index (χ0v) is 13.5. The van der Waals surface area contributed by atoms with E-state index in [0.717, 1.165) is 12.5 Å². The highest BCUT2D eigenvalue weighted by molar-refractivity contribution is 7.99. The Bertz CT molecular complexity index is 312. The van der Waals surface area contributed by atoms with Gasteiger partial charge in [-0.2, -0.15) is 0 Å². The smallest absolute Gasteiger partial charge is 0.0164 e. The molecule has 1 N–H and O–H groups in total. The van der Waals surface area contributed by atoms with Crippen LogP contribution in [0.15, 0.2) is 35.2 Å². The van der Waals surface area contributed by atoms with E-state index in [1.54, 1.807) is 0 Å². The van der Waals surface area contributed by atoms with Crippen LogP contribution in [0.25, 0.3) is 0 Å². The van der Waals surface area contributed by atoms with Crippen molar-refractivity contribution in [1.29, 1.82) is 0 Å². The van der Waals surface area contributed by atoms with Crippen LogP contribution in [0, 0.1) is 5.92 Å². The van der Waals surface area contributed by atoms with Crippen molar-refractivity contribution in [2.45, 2.75) is 57.4 Å². The number of hydrogen-bond acceptors (Lipinski definition) is 2. The highest BCUT2D eigenvalue weighted by atomic mass is 32.2. The van der Waals surface area contributed by atoms with E-state index in [9.17, 15) is 0 Å². The second-order valence-electron chi connectivity index (χ2n) is 5.40. The Morgan fingerprint density at radius 3 is 2.47 bits per heavy atom. The third-order valence-corrected chi connectivity index (χ3v) is 4.52. The fourth-order valence-corrected chi connectivity index (χ4v) is 3.37. The molecule has 0 saturated heterocycles. The summed E-state index contributed by atoms with van der Waals surface area (Å²) in [4.78, 5) is 1.38. The third-order valence-electron chi connectivity index (χ3n) is 3.35. The average molecular weight is 279 g/mol. The summed E-state index contributed by atoms with van der Waals surface area (Å²) in [5.41, 5.74) is 0. The molecule has 0 aromatic heterocycles. The minimum atomic E-state index is 0.645. The van der Waals surface area contributed by atoms with E-state index >= 15 is 0 Å². The zero-order chi connectivity index (χ0) is 13.9. The van der Waals surface area contributed by atoms with Gasteiger partial charge in [0.1, 0.15) is 0 Å². The summed E-state index contributed by atoms with van der Waals surface area (Å²) in [5, 5.41) is 3.71. The molecule has 1 rings (SSSR count). The standard InChI is InChI=1S/C17H29NS/c1-4-9-15(3)13-16(18-12-5-2)14-19-17-10-7-6-8-11-17/h6-8,10-11,15-16,18H,4-5,9,12-14H2,1-3H3. The van der Waals surface area contributed by atoms with Crippen LogP contribution in [0.4, 0.5) is 0 Å². The molecular weight excluding hydrogens is 250 g/mol. The van der Waals surface area contributed by atoms with Gasteiger partial charge in [0, 0.05) is 16.7 Å². The first-order valence-electron chi connectivity index (χ1n) is 7.67. The molecule has 2 atom stereocenters. The lowest BCUT2D eigenvalue weighted by molar-refractivity contribution is 0.404. The van der Waals surface area contributed by atoms with Crippen molar-refractivity contribution in [3.05, 3.63) is 30.3 Å². The van der Waals surface area contributed by atoms with Crippen LogP contribution in [0.1, 0.15) is 46.5 Å². The molecule has 1 nitrogen and oxygen atoms in total. The van der Waals surface area contributed by atoms with E-state index in [-0.39, 0.29) is 0 Å². The van der Waals surface area contributed by atoms with Gasteiger partial charge >= 0.3 is 0 Å². The van der Waals surface area contributed by atoms with Gasteiger partial charge in [-0.25, -0.2) is 0 Å². The van der Waals surface area contributed by atoms with E-state index in [1.807, 2.05) is 11.8 Å². The minimum Gasteiger partial charge on any atom is -0.313 e. The second-order valence-corrected chi connectivity index (χ2v) is 6.50. The lowest BCUT2D eigenvalue weighted by atomic mass is 9.98. The number of benzene rings is 1. The van der Waals surface area contributed by atoms with Crippen molar-refractivity contribution in [3.8, 4) is 0 Å². The first-order valence-corrected chi connectivity index (χ1v) is 8.66. The van der Waals surface area contributed by atoms with Crippen LogP contribution in [-0.4, -0.2) is 18.3 Å². The summed E-state index contributed by atoms with van der Waals surface area (Å²) in [6.07, 6.45) is 5.16. The fourth-order valence-electron chi connectivity index (χ4n) is 2.37. The van der Waals surface area contributed by atoms with E-state index in [2.05, 4.69) is 56.4 Å². The molecule has 19 heavy (non-hydrogen) atoms. The summed E-state index contributed by atoms with van der Waals surface area (Å²) < 4.78 is 0. The maximum atomic E-state index is 3.71. The summed E-state index contributed by atoms with van der Waals surface area (Å²) in [5.74, 6) is 2.01. The van der Waals surface area contributed by atoms with Crippen molar-refractivity contribution in [2.75, 3.05) is 12.3 Å². The molecule has 0 aliphatic rings. The Morgan fingerprint density at radius 2 is 1.84 bits per heavy atom. The van der Waals surface area contributed by atoms with E-state index < -0.39 is 0 Å². The van der Waals surface area contributed by atoms with Gasteiger partial charge in [0.25, 0.3) is 0 Å². The number of rotatable bonds is 10. The van der Waals surface area contributed by atoms with Gasteiger partial charge in [-0.1, -0.05) is 51.8 Å². The Balaban J connectivity index is 2.40. The van der Waals surface area contributed by atoms with E-state index in [4.69, 9.17) is 0 Å². The van der Waals surface area contributed by atoms with Gasteiger partial charge in [0.2, 0.25) is 0 Å². The Labute approximate surface area is 123 Å². The summed E-state index contributed by atoms with van der Waals surface area (Å²) in [6, 6.07) is 11.4. The third kappa shape index (κ3) is 7.64. The molecular formula is C17H29NS. The van der Waals surface area contributed by atoms with Crippen molar-refractivity contribution in [1.82, 2.24) is 5.32 Å². The quantitative estimate of drug-likeness (QED) is 0.607. The summed E-state index contributed by atoms with van der Waals surface area (Å²) in [6.45, 7) is 8.05. The van der Waals surface area contributed by atoms with Crippen LogP contribution < -0.4 is 5.32 Å². The van der Waals surface area contributed by atoms with E-state index in [1.165, 1.54) is 36.3 Å². The van der Waals surface area contributed by atoms with Crippen LogP contribution in [0.5, 0.6) is 0 Å². The molecule has 0 saturated carbocycles. The van der Waals surface area contributed by atoms with Crippen molar-refractivity contribution in [3.63, 3.8) is 0 Å². The molecule has 108 valence electrons. The molecule has 0 aliphatic heterocycles. The number of nitrogens with one attached hydrogen (secondary N) is 1. The van der Waals surface area contributed by atoms with Crippen LogP contribution in [0.2, 0.25) is 0 Å². The Hall–Kier alpha value is -0.470. The molecule has 1 aromatic carbocycles. The Kier molecular flexibility index (Phi) is 9.02. The SMILES string of the molecule is CCCNC(CSc1ccccc1)CC(C)CCC. The van der Waals surface area contributed by atoms with Crippen molar-refractivity contribution in [2.24, 2.45) is 5.92 Å². The highest BCUT2D eigenvalue weighted by Gasteiger charge is 2.12. The topological polar surface area (TPSA) is 12.0 Å². The zero-order valence-electron chi connectivity index (χ0n) is 12.7. The minimum absolute atomic E-state index is 0.645. The monoisotopic (exact) mass is 279 g/mol. The van der Waals surface area contributed by atoms with Crippen LogP contribution in [-0.2, 0) is 0 Å². The highest BCUT2D eigenvalue weighted by Crippen LogP contribution is 2.21. The summed E-state index contributed by atoms with van der Waals surface area (Å²) in [7, 11) is 0. The van der Waals surface area contributed by atoms with Gasteiger partial charge in [-0.3, -0.25) is 0 Å². The largest absolute Gasteiger partial charge is 0.313 e. The first kappa shape index (κ1) is 16.6. The molecule has 0 amide bonds. The van der Waals surface area contributed by atoms with Crippen molar-refractivity contribution >= 4 is 11.8 Å². The fraction of sp³-hybridized carbons (Fsp3) is 0.647. The lowest BCUT2D eigenvalue weighted by Gasteiger charge is -2.22. The molecule has 0 bridgehead atoms. The number of thioether (sulfide) groups is 1. The molecule has 0 fully saturated rings. The van der Waals surface area contributed by atoms with E-state index in [0.29, 0.717) is 6.04 Å². The maximum absolute atomic E-state index is 3.71. The van der Waals surface area contributed by atoms with Gasteiger partial charge in [0.15, 0.2) is 0 Å². The van der Waals surface area contributed by atoms with Gasteiger partial charge in [0.05, 0.1) is 0 Å². The predicted octanol–water partition coefficient (Wildman–Crippen LogP) is 4.97. The average Bonchev–Trinajstić information content (AvgIpc) is 2.43. The van der Waals surface area contributed by atoms with Crippen LogP contribution >= 0.6 is 11.8 Å². The van der Waals surface area contributed by atoms with Gasteiger partial charge < -0.3 is 5.32 Å². The van der Waals surface area contributed by atoms with Crippen LogP contribution in [0.3, 0.4) is 0 Å². The molecule has 0 radical (unpaired) electrons. The molecule has 0 heterocycles. The first-order chi connectivity index (χ1) is 9.26. The van der Waals surface area contributed by atoms with Gasteiger partial charge in [-0.05, 0) is 37.4 Å². The second kappa shape index (κ2) is 10.3. The lowest BCUT2D eigenvalue weighted by Crippen LogP contribution is -2.33. The number of hydrogen-bond donors (Lipinski definition) is 1. The van der Waals surface area contributed by atoms with Gasteiger partial charge in [-0.15, -0.1) is 11.8 Å². The molecule has 0 spiro atoms.